The van der Waals surface area contributed by atoms with Crippen molar-refractivity contribution in [2.75, 3.05) is 7.11 Å². The standard InChI is InChI=1S/C19H16N2O4/c1-13-19(21(24)17-9-4-3-8-16(17)20(13)23)18(22)11-10-14-6-5-7-15(12-14)25-2/h3-12H,1-2H3. The number of ketones is 1. The van der Waals surface area contributed by atoms with Crippen molar-refractivity contribution in [3.63, 3.8) is 0 Å². The number of carbonyl (C=O) groups is 1. The Morgan fingerprint density at radius 3 is 2.40 bits per heavy atom. The van der Waals surface area contributed by atoms with Gasteiger partial charge in [0.1, 0.15) is 5.75 Å². The van der Waals surface area contributed by atoms with Crippen LogP contribution in [-0.2, 0) is 0 Å². The molecule has 0 bridgehead atoms. The van der Waals surface area contributed by atoms with E-state index >= 15 is 0 Å². The first-order chi connectivity index (χ1) is 12.0. The molecule has 1 heterocycles. The quantitative estimate of drug-likeness (QED) is 0.317. The lowest BCUT2D eigenvalue weighted by Crippen LogP contribution is -2.46. The van der Waals surface area contributed by atoms with Gasteiger partial charge in [0.2, 0.25) is 0 Å². The first kappa shape index (κ1) is 16.4. The second-order valence-electron chi connectivity index (χ2n) is 5.49. The summed E-state index contributed by atoms with van der Waals surface area (Å²) in [7, 11) is 1.56. The average molecular weight is 336 g/mol. The van der Waals surface area contributed by atoms with Crippen molar-refractivity contribution in [3.8, 4) is 5.75 Å². The van der Waals surface area contributed by atoms with Crippen LogP contribution in [0.5, 0.6) is 5.75 Å². The van der Waals surface area contributed by atoms with Gasteiger partial charge in [-0.2, -0.15) is 9.46 Å². The fourth-order valence-corrected chi connectivity index (χ4v) is 2.63. The third-order valence-electron chi connectivity index (χ3n) is 3.92. The number of hydrogen-bond donors (Lipinski definition) is 0. The molecule has 126 valence electrons. The molecular weight excluding hydrogens is 320 g/mol. The minimum atomic E-state index is -0.536. The van der Waals surface area contributed by atoms with Gasteiger partial charge in [0.25, 0.3) is 22.5 Å². The molecule has 0 aliphatic carbocycles. The van der Waals surface area contributed by atoms with E-state index < -0.39 is 5.78 Å². The van der Waals surface area contributed by atoms with Gasteiger partial charge in [-0.05, 0) is 23.8 Å². The van der Waals surface area contributed by atoms with Gasteiger partial charge in [0, 0.05) is 19.1 Å². The molecule has 0 radical (unpaired) electrons. The van der Waals surface area contributed by atoms with Crippen molar-refractivity contribution in [1.29, 1.82) is 0 Å². The number of ether oxygens (including phenoxy) is 1. The second kappa shape index (κ2) is 6.60. The molecule has 25 heavy (non-hydrogen) atoms. The molecule has 0 N–H and O–H groups in total. The molecule has 0 unspecified atom stereocenters. The van der Waals surface area contributed by atoms with Crippen molar-refractivity contribution >= 4 is 22.9 Å². The summed E-state index contributed by atoms with van der Waals surface area (Å²) in [6, 6.07) is 13.5. The van der Waals surface area contributed by atoms with Crippen LogP contribution in [0.25, 0.3) is 17.1 Å². The number of allylic oxidation sites excluding steroid dienone is 1. The van der Waals surface area contributed by atoms with E-state index in [0.717, 1.165) is 5.56 Å². The highest BCUT2D eigenvalue weighted by atomic mass is 16.5. The third kappa shape index (κ3) is 3.01. The van der Waals surface area contributed by atoms with E-state index in [1.165, 1.54) is 19.1 Å². The molecule has 0 aliphatic rings. The lowest BCUT2D eigenvalue weighted by atomic mass is 10.1. The summed E-state index contributed by atoms with van der Waals surface area (Å²) in [5.41, 5.74) is 1.00. The highest BCUT2D eigenvalue weighted by Crippen LogP contribution is 2.15. The largest absolute Gasteiger partial charge is 0.618 e. The zero-order chi connectivity index (χ0) is 18.0. The van der Waals surface area contributed by atoms with Gasteiger partial charge in [-0.1, -0.05) is 30.3 Å². The van der Waals surface area contributed by atoms with E-state index in [1.54, 1.807) is 55.7 Å². The molecular formula is C19H16N2O4. The normalized spacial score (nSPS) is 11.1. The van der Waals surface area contributed by atoms with Crippen LogP contribution in [0.4, 0.5) is 0 Å². The number of nitrogens with zero attached hydrogens (tertiary/aromatic N) is 2. The first-order valence-corrected chi connectivity index (χ1v) is 7.64. The van der Waals surface area contributed by atoms with Gasteiger partial charge in [-0.25, -0.2) is 0 Å². The number of aromatic nitrogens is 2. The molecule has 6 heteroatoms. The molecule has 0 spiro atoms. The van der Waals surface area contributed by atoms with Crippen LogP contribution in [0.1, 0.15) is 21.7 Å². The molecule has 0 saturated heterocycles. The summed E-state index contributed by atoms with van der Waals surface area (Å²) >= 11 is 0. The highest BCUT2D eigenvalue weighted by molar-refractivity contribution is 6.05. The van der Waals surface area contributed by atoms with E-state index in [4.69, 9.17) is 4.74 Å². The van der Waals surface area contributed by atoms with E-state index in [2.05, 4.69) is 0 Å². The van der Waals surface area contributed by atoms with Crippen LogP contribution in [0.2, 0.25) is 0 Å². The minimum absolute atomic E-state index is 0.0639. The Balaban J connectivity index is 2.04. The van der Waals surface area contributed by atoms with Gasteiger partial charge in [0.05, 0.1) is 7.11 Å². The topological polar surface area (TPSA) is 80.2 Å². The molecule has 0 fully saturated rings. The third-order valence-corrected chi connectivity index (χ3v) is 3.92. The van der Waals surface area contributed by atoms with E-state index in [-0.39, 0.29) is 22.4 Å². The maximum Gasteiger partial charge on any atom is 0.333 e. The minimum Gasteiger partial charge on any atom is -0.618 e. The molecule has 0 saturated carbocycles. The van der Waals surface area contributed by atoms with Crippen molar-refractivity contribution in [2.24, 2.45) is 0 Å². The van der Waals surface area contributed by atoms with Gasteiger partial charge in [-0.15, -0.1) is 0 Å². The number of carbonyl (C=O) groups excluding carboxylic acids is 1. The van der Waals surface area contributed by atoms with Crippen LogP contribution < -0.4 is 14.2 Å². The Hall–Kier alpha value is -3.41. The molecule has 2 aromatic carbocycles. The van der Waals surface area contributed by atoms with E-state index in [1.807, 2.05) is 0 Å². The predicted molar refractivity (Wildman–Crippen MR) is 93.0 cm³/mol. The molecule has 0 amide bonds. The van der Waals surface area contributed by atoms with Crippen LogP contribution in [0.15, 0.2) is 54.6 Å². The molecule has 1 aromatic heterocycles. The molecule has 0 atom stereocenters. The van der Waals surface area contributed by atoms with Crippen LogP contribution in [0, 0.1) is 17.3 Å². The molecule has 3 aromatic rings. The average Bonchev–Trinajstić information content (AvgIpc) is 2.65. The number of methoxy groups -OCH3 is 1. The summed E-state index contributed by atoms with van der Waals surface area (Å²) in [5, 5.41) is 24.9. The predicted octanol–water partition coefficient (Wildman–Crippen LogP) is 2.32. The smallest absolute Gasteiger partial charge is 0.333 e. The lowest BCUT2D eigenvalue weighted by molar-refractivity contribution is -0.635. The Kier molecular flexibility index (Phi) is 4.35. The summed E-state index contributed by atoms with van der Waals surface area (Å²) < 4.78 is 6.25. The fourth-order valence-electron chi connectivity index (χ4n) is 2.63. The number of para-hydroxylation sites is 2. The van der Waals surface area contributed by atoms with E-state index in [0.29, 0.717) is 15.2 Å². The van der Waals surface area contributed by atoms with Crippen molar-refractivity contribution in [3.05, 3.63) is 82.0 Å². The van der Waals surface area contributed by atoms with Gasteiger partial charge in [0.15, 0.2) is 0 Å². The highest BCUT2D eigenvalue weighted by Gasteiger charge is 2.28. The Morgan fingerprint density at radius 1 is 1.04 bits per heavy atom. The molecule has 6 nitrogen and oxygen atoms in total. The first-order valence-electron chi connectivity index (χ1n) is 7.64. The summed E-state index contributed by atoms with van der Waals surface area (Å²) in [6.07, 6.45) is 2.86. The van der Waals surface area contributed by atoms with Gasteiger partial charge in [-0.3, -0.25) is 4.79 Å². The van der Waals surface area contributed by atoms with Crippen molar-refractivity contribution in [1.82, 2.24) is 0 Å². The van der Waals surface area contributed by atoms with Crippen LogP contribution >= 0.6 is 0 Å². The number of fused-ring (bicyclic) bond motifs is 1. The SMILES string of the molecule is COc1cccc(C=CC(=O)c2c(C)[n+]([O-])c3ccccc3[n+]2[O-])c1. The maximum atomic E-state index is 12.5. The zero-order valence-electron chi connectivity index (χ0n) is 13.8. The summed E-state index contributed by atoms with van der Waals surface area (Å²) in [6.45, 7) is 1.46. The van der Waals surface area contributed by atoms with Gasteiger partial charge >= 0.3 is 5.69 Å². The number of hydrogen-bond acceptors (Lipinski definition) is 4. The van der Waals surface area contributed by atoms with Crippen LogP contribution in [-0.4, -0.2) is 12.9 Å². The summed E-state index contributed by atoms with van der Waals surface area (Å²) in [5.74, 6) is 0.124. The second-order valence-corrected chi connectivity index (χ2v) is 5.49. The maximum absolute atomic E-state index is 12.5. The molecule has 3 rings (SSSR count). The lowest BCUT2D eigenvalue weighted by Gasteiger charge is -2.09. The Bertz CT molecular complexity index is 996. The molecule has 0 aliphatic heterocycles. The number of rotatable bonds is 4. The van der Waals surface area contributed by atoms with E-state index in [9.17, 15) is 15.2 Å². The fraction of sp³-hybridized carbons (Fsp3) is 0.105. The monoisotopic (exact) mass is 336 g/mol. The zero-order valence-corrected chi connectivity index (χ0v) is 13.8. The van der Waals surface area contributed by atoms with Crippen molar-refractivity contribution < 1.29 is 19.0 Å². The Labute approximate surface area is 144 Å². The summed E-state index contributed by atoms with van der Waals surface area (Å²) in [4.78, 5) is 12.5. The Morgan fingerprint density at radius 2 is 1.72 bits per heavy atom. The number of benzene rings is 2. The van der Waals surface area contributed by atoms with Crippen LogP contribution in [0.3, 0.4) is 0 Å². The van der Waals surface area contributed by atoms with Crippen molar-refractivity contribution in [2.45, 2.75) is 6.92 Å². The van der Waals surface area contributed by atoms with Gasteiger partial charge < -0.3 is 15.2 Å².